The SMILES string of the molecule is CCN(c1ccc(O)cc1)S(=O)(=O)c1cc(C)c(C)c(C(=O)OC)c1. The van der Waals surface area contributed by atoms with E-state index in [1.165, 1.54) is 41.7 Å². The summed E-state index contributed by atoms with van der Waals surface area (Å²) in [5, 5.41) is 9.40. The summed E-state index contributed by atoms with van der Waals surface area (Å²) < 4.78 is 32.1. The van der Waals surface area contributed by atoms with Crippen LogP contribution < -0.4 is 4.31 Å². The average Bonchev–Trinajstić information content (AvgIpc) is 2.58. The third-order valence-corrected chi connectivity index (χ3v) is 5.94. The van der Waals surface area contributed by atoms with Crippen LogP contribution in [0.4, 0.5) is 5.69 Å². The molecule has 0 aliphatic rings. The fourth-order valence-electron chi connectivity index (χ4n) is 2.53. The first kappa shape index (κ1) is 18.8. The van der Waals surface area contributed by atoms with Crippen LogP contribution in [0.3, 0.4) is 0 Å². The van der Waals surface area contributed by atoms with Gasteiger partial charge in [0.25, 0.3) is 10.0 Å². The zero-order chi connectivity index (χ0) is 18.8. The van der Waals surface area contributed by atoms with E-state index < -0.39 is 16.0 Å². The Morgan fingerprint density at radius 1 is 1.16 bits per heavy atom. The number of phenols is 1. The lowest BCUT2D eigenvalue weighted by atomic mass is 10.0. The maximum atomic E-state index is 13.1. The van der Waals surface area contributed by atoms with E-state index >= 15 is 0 Å². The molecule has 2 aromatic rings. The van der Waals surface area contributed by atoms with Gasteiger partial charge in [0, 0.05) is 6.54 Å². The molecule has 0 radical (unpaired) electrons. The number of esters is 1. The van der Waals surface area contributed by atoms with Crippen molar-refractivity contribution in [1.29, 1.82) is 0 Å². The molecule has 0 saturated carbocycles. The summed E-state index contributed by atoms with van der Waals surface area (Å²) in [5.41, 5.74) is 2.02. The number of hydrogen-bond donors (Lipinski definition) is 1. The number of hydrogen-bond acceptors (Lipinski definition) is 5. The highest BCUT2D eigenvalue weighted by molar-refractivity contribution is 7.92. The van der Waals surface area contributed by atoms with E-state index in [-0.39, 0.29) is 22.8 Å². The lowest BCUT2D eigenvalue weighted by Gasteiger charge is -2.24. The number of aromatic hydroxyl groups is 1. The zero-order valence-electron chi connectivity index (χ0n) is 14.6. The minimum atomic E-state index is -3.88. The molecular weight excluding hydrogens is 342 g/mol. The fourth-order valence-corrected chi connectivity index (χ4v) is 4.12. The van der Waals surface area contributed by atoms with Crippen molar-refractivity contribution < 1.29 is 23.1 Å². The smallest absolute Gasteiger partial charge is 0.338 e. The Kier molecular flexibility index (Phi) is 5.37. The topological polar surface area (TPSA) is 83.9 Å². The van der Waals surface area contributed by atoms with Crippen LogP contribution in [-0.2, 0) is 14.8 Å². The van der Waals surface area contributed by atoms with Gasteiger partial charge in [-0.2, -0.15) is 0 Å². The maximum absolute atomic E-state index is 13.1. The third kappa shape index (κ3) is 3.61. The second kappa shape index (κ2) is 7.14. The van der Waals surface area contributed by atoms with Crippen LogP contribution in [0.2, 0.25) is 0 Å². The fraction of sp³-hybridized carbons (Fsp3) is 0.278. The number of nitrogens with zero attached hydrogens (tertiary/aromatic N) is 1. The second-order valence-corrected chi connectivity index (χ2v) is 7.45. The van der Waals surface area contributed by atoms with E-state index in [1.54, 1.807) is 26.8 Å². The number of aryl methyl sites for hydroxylation is 1. The molecule has 2 aromatic carbocycles. The molecule has 7 heteroatoms. The van der Waals surface area contributed by atoms with Gasteiger partial charge in [-0.25, -0.2) is 13.2 Å². The van der Waals surface area contributed by atoms with Gasteiger partial charge in [-0.3, -0.25) is 4.31 Å². The van der Waals surface area contributed by atoms with E-state index in [0.29, 0.717) is 16.8 Å². The van der Waals surface area contributed by atoms with Crippen molar-refractivity contribution in [3.05, 3.63) is 53.1 Å². The van der Waals surface area contributed by atoms with Gasteiger partial charge >= 0.3 is 5.97 Å². The van der Waals surface area contributed by atoms with E-state index in [1.807, 2.05) is 0 Å². The first-order valence-corrected chi connectivity index (χ1v) is 9.17. The van der Waals surface area contributed by atoms with E-state index in [9.17, 15) is 18.3 Å². The molecule has 2 rings (SSSR count). The molecule has 0 aliphatic carbocycles. The molecule has 1 N–H and O–H groups in total. The molecule has 0 unspecified atom stereocenters. The summed E-state index contributed by atoms with van der Waals surface area (Å²) in [5.74, 6) is -0.526. The summed E-state index contributed by atoms with van der Waals surface area (Å²) in [7, 11) is -2.62. The normalized spacial score (nSPS) is 11.2. The van der Waals surface area contributed by atoms with Gasteiger partial charge in [0.15, 0.2) is 0 Å². The number of carbonyl (C=O) groups excluding carboxylic acids is 1. The minimum Gasteiger partial charge on any atom is -0.508 e. The highest BCUT2D eigenvalue weighted by atomic mass is 32.2. The first-order chi connectivity index (χ1) is 11.7. The van der Waals surface area contributed by atoms with Crippen molar-refractivity contribution in [3.8, 4) is 5.75 Å². The standard InChI is InChI=1S/C18H21NO5S/c1-5-19(14-6-8-15(20)9-7-14)25(22,23)16-10-12(2)13(3)17(11-16)18(21)24-4/h6-11,20H,5H2,1-4H3. The van der Waals surface area contributed by atoms with Crippen LogP contribution >= 0.6 is 0 Å². The van der Waals surface area contributed by atoms with Gasteiger partial charge in [0.2, 0.25) is 0 Å². The Balaban J connectivity index is 2.60. The van der Waals surface area contributed by atoms with Crippen molar-refractivity contribution in [1.82, 2.24) is 0 Å². The number of rotatable bonds is 5. The molecule has 0 aliphatic heterocycles. The summed E-state index contributed by atoms with van der Waals surface area (Å²) >= 11 is 0. The Bertz CT molecular complexity index is 888. The van der Waals surface area contributed by atoms with Gasteiger partial charge in [0.05, 0.1) is 23.3 Å². The Labute approximate surface area is 147 Å². The van der Waals surface area contributed by atoms with E-state index in [0.717, 1.165) is 0 Å². The van der Waals surface area contributed by atoms with Crippen LogP contribution in [0.25, 0.3) is 0 Å². The molecule has 6 nitrogen and oxygen atoms in total. The summed E-state index contributed by atoms with van der Waals surface area (Å²) in [6.45, 7) is 5.41. The van der Waals surface area contributed by atoms with Gasteiger partial charge < -0.3 is 9.84 Å². The van der Waals surface area contributed by atoms with Gasteiger partial charge in [-0.1, -0.05) is 0 Å². The quantitative estimate of drug-likeness (QED) is 0.826. The third-order valence-electron chi connectivity index (χ3n) is 4.06. The number of carbonyl (C=O) groups is 1. The first-order valence-electron chi connectivity index (χ1n) is 7.73. The number of ether oxygens (including phenoxy) is 1. The number of methoxy groups -OCH3 is 1. The number of benzene rings is 2. The summed E-state index contributed by atoms with van der Waals surface area (Å²) in [4.78, 5) is 12.0. The molecule has 0 atom stereocenters. The van der Waals surface area contributed by atoms with Crippen LogP contribution in [0.1, 0.15) is 28.4 Å². The number of phenolic OH excluding ortho intramolecular Hbond substituents is 1. The van der Waals surface area contributed by atoms with Crippen molar-refractivity contribution in [2.45, 2.75) is 25.7 Å². The molecular formula is C18H21NO5S. The van der Waals surface area contributed by atoms with Crippen LogP contribution in [0.5, 0.6) is 5.75 Å². The maximum Gasteiger partial charge on any atom is 0.338 e. The summed E-state index contributed by atoms with van der Waals surface area (Å²) in [6.07, 6.45) is 0. The van der Waals surface area contributed by atoms with Gasteiger partial charge in [0.1, 0.15) is 5.75 Å². The molecule has 0 fully saturated rings. The lowest BCUT2D eigenvalue weighted by molar-refractivity contribution is 0.0599. The number of sulfonamides is 1. The molecule has 0 saturated heterocycles. The molecule has 0 spiro atoms. The van der Waals surface area contributed by atoms with Crippen LogP contribution in [0, 0.1) is 13.8 Å². The van der Waals surface area contributed by atoms with Gasteiger partial charge in [-0.05, 0) is 68.3 Å². The molecule has 0 amide bonds. The predicted octanol–water partition coefficient (Wildman–Crippen LogP) is 3.01. The predicted molar refractivity (Wildman–Crippen MR) is 95.6 cm³/mol. The molecule has 134 valence electrons. The number of anilines is 1. The van der Waals surface area contributed by atoms with E-state index in [2.05, 4.69) is 0 Å². The average molecular weight is 363 g/mol. The molecule has 0 aromatic heterocycles. The van der Waals surface area contributed by atoms with Crippen LogP contribution in [0.15, 0.2) is 41.3 Å². The Morgan fingerprint density at radius 3 is 2.28 bits per heavy atom. The molecule has 0 bridgehead atoms. The van der Waals surface area contributed by atoms with Gasteiger partial charge in [-0.15, -0.1) is 0 Å². The largest absolute Gasteiger partial charge is 0.508 e. The lowest BCUT2D eigenvalue weighted by Crippen LogP contribution is -2.31. The Hall–Kier alpha value is -2.54. The van der Waals surface area contributed by atoms with Crippen molar-refractivity contribution >= 4 is 21.7 Å². The monoisotopic (exact) mass is 363 g/mol. The highest BCUT2D eigenvalue weighted by Gasteiger charge is 2.26. The van der Waals surface area contributed by atoms with Crippen LogP contribution in [-0.4, -0.2) is 33.1 Å². The Morgan fingerprint density at radius 2 is 1.76 bits per heavy atom. The molecule has 25 heavy (non-hydrogen) atoms. The summed E-state index contributed by atoms with van der Waals surface area (Å²) in [6, 6.07) is 8.78. The molecule has 0 heterocycles. The zero-order valence-corrected chi connectivity index (χ0v) is 15.4. The highest BCUT2D eigenvalue weighted by Crippen LogP contribution is 2.28. The second-order valence-electron chi connectivity index (χ2n) is 5.59. The minimum absolute atomic E-state index is 0.0194. The van der Waals surface area contributed by atoms with Crippen molar-refractivity contribution in [2.75, 3.05) is 18.0 Å². The van der Waals surface area contributed by atoms with E-state index in [4.69, 9.17) is 4.74 Å². The van der Waals surface area contributed by atoms with Crippen molar-refractivity contribution in [2.24, 2.45) is 0 Å². The van der Waals surface area contributed by atoms with Crippen molar-refractivity contribution in [3.63, 3.8) is 0 Å².